The third-order valence-corrected chi connectivity index (χ3v) is 4.52. The van der Waals surface area contributed by atoms with Crippen LogP contribution in [0.2, 0.25) is 0 Å². The highest BCUT2D eigenvalue weighted by molar-refractivity contribution is 5.87. The third-order valence-electron chi connectivity index (χ3n) is 4.52. The van der Waals surface area contributed by atoms with E-state index >= 15 is 0 Å². The molecule has 1 aliphatic rings. The van der Waals surface area contributed by atoms with Crippen LogP contribution in [0.25, 0.3) is 10.8 Å². The second-order valence-corrected chi connectivity index (χ2v) is 6.40. The second-order valence-electron chi connectivity index (χ2n) is 6.40. The smallest absolute Gasteiger partial charge is 0.256 e. The number of rotatable bonds is 6. The van der Waals surface area contributed by atoms with Crippen LogP contribution < -0.4 is 10.2 Å². The van der Waals surface area contributed by atoms with Gasteiger partial charge in [0, 0.05) is 19.4 Å². The number of carbonyl (C=O) groups is 1. The molecule has 1 fully saturated rings. The summed E-state index contributed by atoms with van der Waals surface area (Å²) in [5, 5.41) is 3.71. The molecule has 1 amide bonds. The summed E-state index contributed by atoms with van der Waals surface area (Å²) >= 11 is 0. The highest BCUT2D eigenvalue weighted by Gasteiger charge is 2.30. The number of ether oxygens (including phenoxy) is 3. The van der Waals surface area contributed by atoms with Crippen molar-refractivity contribution in [2.45, 2.75) is 32.6 Å². The number of fused-ring (bicyclic) bond motifs is 1. The van der Waals surface area contributed by atoms with Crippen molar-refractivity contribution in [3.8, 4) is 5.75 Å². The Bertz CT molecular complexity index is 757. The summed E-state index contributed by atoms with van der Waals surface area (Å²) in [6.45, 7) is 5.22. The van der Waals surface area contributed by atoms with Gasteiger partial charge in [0.1, 0.15) is 5.75 Å². The van der Waals surface area contributed by atoms with E-state index in [-0.39, 0.29) is 11.8 Å². The lowest BCUT2D eigenvalue weighted by atomic mass is 9.94. The molecule has 1 heterocycles. The van der Waals surface area contributed by atoms with Crippen LogP contribution >= 0.6 is 0 Å². The summed E-state index contributed by atoms with van der Waals surface area (Å²) in [7, 11) is 1.67. The molecule has 0 aromatic heterocycles. The summed E-state index contributed by atoms with van der Waals surface area (Å²) in [6.07, 6.45) is 0.226. The molecular formula is C20H26N2O4. The molecule has 26 heavy (non-hydrogen) atoms. The zero-order chi connectivity index (χ0) is 18.5. The van der Waals surface area contributed by atoms with E-state index in [9.17, 15) is 4.79 Å². The van der Waals surface area contributed by atoms with Crippen molar-refractivity contribution in [2.75, 3.05) is 26.9 Å². The van der Waals surface area contributed by atoms with Crippen LogP contribution in [0, 0.1) is 0 Å². The number of methoxy groups -OCH3 is 1. The van der Waals surface area contributed by atoms with Gasteiger partial charge in [-0.05, 0) is 34.9 Å². The van der Waals surface area contributed by atoms with Crippen molar-refractivity contribution in [1.82, 2.24) is 10.4 Å². The molecule has 0 spiro atoms. The van der Waals surface area contributed by atoms with Crippen LogP contribution in [0.3, 0.4) is 0 Å². The maximum absolute atomic E-state index is 11.8. The molecule has 3 rings (SSSR count). The minimum atomic E-state index is -0.689. The summed E-state index contributed by atoms with van der Waals surface area (Å²) in [5.74, 6) is 0.826. The van der Waals surface area contributed by atoms with Gasteiger partial charge in [0.2, 0.25) is 5.91 Å². The van der Waals surface area contributed by atoms with Gasteiger partial charge in [0.05, 0.1) is 20.3 Å². The summed E-state index contributed by atoms with van der Waals surface area (Å²) in [5.41, 5.74) is 4.24. The van der Waals surface area contributed by atoms with Crippen LogP contribution in [0.4, 0.5) is 0 Å². The Morgan fingerprint density at radius 1 is 1.27 bits per heavy atom. The number of hydrazine groups is 1. The molecule has 1 N–H and O–H groups in total. The lowest BCUT2D eigenvalue weighted by Gasteiger charge is -2.36. The monoisotopic (exact) mass is 358 g/mol. The molecular weight excluding hydrogens is 332 g/mol. The van der Waals surface area contributed by atoms with Crippen LogP contribution in [0.1, 0.15) is 31.7 Å². The first kappa shape index (κ1) is 18.6. The number of benzene rings is 2. The van der Waals surface area contributed by atoms with Gasteiger partial charge < -0.3 is 14.2 Å². The number of hydrogen-bond acceptors (Lipinski definition) is 5. The quantitative estimate of drug-likeness (QED) is 0.805. The largest absolute Gasteiger partial charge is 0.497 e. The molecule has 1 aliphatic heterocycles. The minimum Gasteiger partial charge on any atom is -0.497 e. The number of amides is 1. The van der Waals surface area contributed by atoms with Gasteiger partial charge in [-0.25, -0.2) is 10.4 Å². The Morgan fingerprint density at radius 3 is 2.69 bits per heavy atom. The Hall–Kier alpha value is -2.15. The van der Waals surface area contributed by atoms with Crippen molar-refractivity contribution in [2.24, 2.45) is 0 Å². The first-order chi connectivity index (χ1) is 12.6. The van der Waals surface area contributed by atoms with E-state index in [1.54, 1.807) is 7.11 Å². The normalized spacial score (nSPS) is 20.1. The third kappa shape index (κ3) is 3.98. The van der Waals surface area contributed by atoms with Crippen molar-refractivity contribution in [1.29, 1.82) is 0 Å². The van der Waals surface area contributed by atoms with E-state index < -0.39 is 6.41 Å². The van der Waals surface area contributed by atoms with Crippen molar-refractivity contribution in [3.05, 3.63) is 42.0 Å². The average molecular weight is 358 g/mol. The lowest BCUT2D eigenvalue weighted by molar-refractivity contribution is -0.263. The van der Waals surface area contributed by atoms with Gasteiger partial charge in [0.15, 0.2) is 0 Å². The SMILES string of the molecule is CCCNN(C(C)=O)C1OCC(c2cccc3cc(OC)ccc23)CO1. The number of nitrogens with one attached hydrogen (secondary N) is 1. The highest BCUT2D eigenvalue weighted by atomic mass is 16.7. The van der Waals surface area contributed by atoms with Crippen molar-refractivity contribution < 1.29 is 19.0 Å². The Labute approximate surface area is 154 Å². The molecule has 0 unspecified atom stereocenters. The zero-order valence-electron chi connectivity index (χ0n) is 15.5. The van der Waals surface area contributed by atoms with Gasteiger partial charge in [-0.1, -0.05) is 31.2 Å². The molecule has 0 aliphatic carbocycles. The summed E-state index contributed by atoms with van der Waals surface area (Å²) in [4.78, 5) is 11.8. The maximum atomic E-state index is 11.8. The molecule has 2 aromatic rings. The number of nitrogens with zero attached hydrogens (tertiary/aromatic N) is 1. The fourth-order valence-corrected chi connectivity index (χ4v) is 3.16. The fourth-order valence-electron chi connectivity index (χ4n) is 3.16. The van der Waals surface area contributed by atoms with E-state index in [1.165, 1.54) is 17.5 Å². The van der Waals surface area contributed by atoms with E-state index in [1.807, 2.05) is 25.1 Å². The molecule has 1 saturated heterocycles. The Morgan fingerprint density at radius 2 is 2.04 bits per heavy atom. The standard InChI is InChI=1S/C20H26N2O4/c1-4-10-21-22(14(2)23)20-25-12-16(13-26-20)18-7-5-6-15-11-17(24-3)8-9-19(15)18/h5-9,11,16,20-21H,4,10,12-13H2,1-3H3. The van der Waals surface area contributed by atoms with Gasteiger partial charge in [-0.3, -0.25) is 4.79 Å². The van der Waals surface area contributed by atoms with Crippen LogP contribution in [-0.2, 0) is 14.3 Å². The molecule has 6 heteroatoms. The molecule has 0 atom stereocenters. The van der Waals surface area contributed by atoms with Gasteiger partial charge in [-0.15, -0.1) is 0 Å². The highest BCUT2D eigenvalue weighted by Crippen LogP contribution is 2.31. The summed E-state index contributed by atoms with van der Waals surface area (Å²) < 4.78 is 17.0. The lowest BCUT2D eigenvalue weighted by Crippen LogP contribution is -2.53. The first-order valence-electron chi connectivity index (χ1n) is 8.97. The maximum Gasteiger partial charge on any atom is 0.256 e. The van der Waals surface area contributed by atoms with E-state index in [2.05, 4.69) is 23.6 Å². The second kappa shape index (κ2) is 8.49. The van der Waals surface area contributed by atoms with Gasteiger partial charge in [0.25, 0.3) is 6.41 Å². The van der Waals surface area contributed by atoms with E-state index in [0.29, 0.717) is 19.8 Å². The molecule has 2 aromatic carbocycles. The van der Waals surface area contributed by atoms with Gasteiger partial charge in [-0.2, -0.15) is 0 Å². The Balaban J connectivity index is 1.73. The minimum absolute atomic E-state index is 0.114. The van der Waals surface area contributed by atoms with Crippen LogP contribution in [-0.4, -0.2) is 44.2 Å². The average Bonchev–Trinajstić information content (AvgIpc) is 2.67. The topological polar surface area (TPSA) is 60.0 Å². The predicted octanol–water partition coefficient (Wildman–Crippen LogP) is 3.03. The van der Waals surface area contributed by atoms with Crippen LogP contribution in [0.15, 0.2) is 36.4 Å². The van der Waals surface area contributed by atoms with E-state index in [4.69, 9.17) is 14.2 Å². The molecule has 0 bridgehead atoms. The van der Waals surface area contributed by atoms with Crippen molar-refractivity contribution >= 4 is 16.7 Å². The fraction of sp³-hybridized carbons (Fsp3) is 0.450. The van der Waals surface area contributed by atoms with E-state index in [0.717, 1.165) is 22.9 Å². The molecule has 0 saturated carbocycles. The predicted molar refractivity (Wildman–Crippen MR) is 99.7 cm³/mol. The number of hydrogen-bond donors (Lipinski definition) is 1. The Kier molecular flexibility index (Phi) is 6.08. The van der Waals surface area contributed by atoms with Crippen molar-refractivity contribution in [3.63, 3.8) is 0 Å². The summed E-state index contributed by atoms with van der Waals surface area (Å²) in [6, 6.07) is 12.3. The van der Waals surface area contributed by atoms with Gasteiger partial charge >= 0.3 is 0 Å². The number of carbonyl (C=O) groups excluding carboxylic acids is 1. The zero-order valence-corrected chi connectivity index (χ0v) is 15.5. The molecule has 140 valence electrons. The van der Waals surface area contributed by atoms with Crippen LogP contribution in [0.5, 0.6) is 5.75 Å². The first-order valence-corrected chi connectivity index (χ1v) is 8.97. The molecule has 0 radical (unpaired) electrons. The molecule has 6 nitrogen and oxygen atoms in total.